The molecule has 28 heavy (non-hydrogen) atoms. The highest BCUT2D eigenvalue weighted by atomic mass is 16.6. The number of rotatable bonds is 6. The monoisotopic (exact) mass is 387 g/mol. The van der Waals surface area contributed by atoms with Gasteiger partial charge in [-0.15, -0.1) is 0 Å². The molecule has 2 saturated carbocycles. The maximum atomic E-state index is 12.2. The summed E-state index contributed by atoms with van der Waals surface area (Å²) in [4.78, 5) is 25.9. The van der Waals surface area contributed by atoms with Gasteiger partial charge in [-0.3, -0.25) is 4.79 Å². The van der Waals surface area contributed by atoms with E-state index in [1.54, 1.807) is 4.90 Å². The van der Waals surface area contributed by atoms with E-state index in [9.17, 15) is 9.59 Å². The van der Waals surface area contributed by atoms with Crippen molar-refractivity contribution in [2.75, 3.05) is 19.7 Å². The van der Waals surface area contributed by atoms with Gasteiger partial charge in [0, 0.05) is 13.1 Å². The predicted octanol–water partition coefficient (Wildman–Crippen LogP) is 3.39. The van der Waals surface area contributed by atoms with Crippen molar-refractivity contribution in [2.45, 2.75) is 51.4 Å². The van der Waals surface area contributed by atoms with Crippen molar-refractivity contribution in [3.8, 4) is 0 Å². The van der Waals surface area contributed by atoms with Crippen LogP contribution in [0, 0.1) is 17.8 Å². The summed E-state index contributed by atoms with van der Waals surface area (Å²) in [7, 11) is 0. The van der Waals surface area contributed by atoms with Crippen LogP contribution < -0.4 is 0 Å². The van der Waals surface area contributed by atoms with E-state index in [4.69, 9.17) is 14.2 Å². The molecular weight excluding hydrogens is 358 g/mol. The third-order valence-electron chi connectivity index (χ3n) is 6.25. The lowest BCUT2D eigenvalue weighted by molar-refractivity contribution is -0.146. The lowest BCUT2D eigenvalue weighted by Gasteiger charge is -2.33. The zero-order chi connectivity index (χ0) is 19.5. The summed E-state index contributed by atoms with van der Waals surface area (Å²) in [6.45, 7) is 3.96. The molecule has 0 aromatic heterocycles. The minimum Gasteiger partial charge on any atom is -0.466 e. The van der Waals surface area contributed by atoms with Crippen LogP contribution in [0.2, 0.25) is 0 Å². The van der Waals surface area contributed by atoms with E-state index in [1.807, 2.05) is 37.3 Å². The van der Waals surface area contributed by atoms with Crippen molar-refractivity contribution in [3.05, 3.63) is 35.9 Å². The predicted molar refractivity (Wildman–Crippen MR) is 102 cm³/mol. The van der Waals surface area contributed by atoms with Gasteiger partial charge in [0.05, 0.1) is 24.7 Å². The van der Waals surface area contributed by atoms with E-state index in [2.05, 4.69) is 0 Å². The maximum Gasteiger partial charge on any atom is 0.410 e. The summed E-state index contributed by atoms with van der Waals surface area (Å²) in [6, 6.07) is 9.72. The largest absolute Gasteiger partial charge is 0.466 e. The number of ether oxygens (including phenoxy) is 3. The molecule has 0 unspecified atom stereocenters. The second-order valence-corrected chi connectivity index (χ2v) is 8.06. The van der Waals surface area contributed by atoms with E-state index in [0.717, 1.165) is 31.2 Å². The minimum atomic E-state index is -0.248. The number of esters is 1. The normalized spacial score (nSPS) is 29.2. The number of hydrogen-bond acceptors (Lipinski definition) is 5. The van der Waals surface area contributed by atoms with Gasteiger partial charge in [-0.05, 0) is 50.0 Å². The number of carbonyl (C=O) groups is 2. The Labute approximate surface area is 166 Å². The first kappa shape index (κ1) is 19.2. The molecule has 1 aromatic rings. The fraction of sp³-hybridized carbons (Fsp3) is 0.636. The van der Waals surface area contributed by atoms with Crippen molar-refractivity contribution in [2.24, 2.45) is 17.8 Å². The lowest BCUT2D eigenvalue weighted by atomic mass is 10.1. The molecule has 3 aliphatic rings. The number of nitrogens with zero attached hydrogens (tertiary/aromatic N) is 1. The Kier molecular flexibility index (Phi) is 5.85. The van der Waals surface area contributed by atoms with Gasteiger partial charge < -0.3 is 19.1 Å². The van der Waals surface area contributed by atoms with E-state index in [1.165, 1.54) is 0 Å². The molecule has 6 heteroatoms. The van der Waals surface area contributed by atoms with Crippen LogP contribution in [0.15, 0.2) is 30.3 Å². The zero-order valence-electron chi connectivity index (χ0n) is 16.4. The average molecular weight is 387 g/mol. The Morgan fingerprint density at radius 3 is 2.32 bits per heavy atom. The molecule has 0 N–H and O–H groups in total. The molecule has 1 aliphatic heterocycles. The van der Waals surface area contributed by atoms with E-state index in [-0.39, 0.29) is 30.2 Å². The first-order valence-corrected chi connectivity index (χ1v) is 10.4. The van der Waals surface area contributed by atoms with Crippen LogP contribution in [-0.4, -0.2) is 48.9 Å². The van der Waals surface area contributed by atoms with Gasteiger partial charge in [0.2, 0.25) is 0 Å². The summed E-state index contributed by atoms with van der Waals surface area (Å²) < 4.78 is 16.8. The second-order valence-electron chi connectivity index (χ2n) is 8.06. The number of hydrogen-bond donors (Lipinski definition) is 0. The summed E-state index contributed by atoms with van der Waals surface area (Å²) in [5.74, 6) is 0.994. The Morgan fingerprint density at radius 2 is 1.68 bits per heavy atom. The van der Waals surface area contributed by atoms with Crippen LogP contribution in [0.5, 0.6) is 0 Å². The van der Waals surface area contributed by atoms with E-state index in [0.29, 0.717) is 38.1 Å². The molecule has 4 atom stereocenters. The average Bonchev–Trinajstić information content (AvgIpc) is 3.23. The van der Waals surface area contributed by atoms with Crippen molar-refractivity contribution >= 4 is 12.1 Å². The smallest absolute Gasteiger partial charge is 0.410 e. The third-order valence-corrected chi connectivity index (χ3v) is 6.25. The maximum absolute atomic E-state index is 12.2. The van der Waals surface area contributed by atoms with Crippen LogP contribution in [0.25, 0.3) is 0 Å². The highest BCUT2D eigenvalue weighted by Gasteiger charge is 2.60. The molecule has 152 valence electrons. The minimum absolute atomic E-state index is 0.0294. The number of amides is 1. The quantitative estimate of drug-likeness (QED) is 0.700. The molecule has 0 radical (unpaired) electrons. The summed E-state index contributed by atoms with van der Waals surface area (Å²) in [5.41, 5.74) is 0.995. The molecule has 6 nitrogen and oxygen atoms in total. The van der Waals surface area contributed by atoms with E-state index < -0.39 is 0 Å². The zero-order valence-corrected chi connectivity index (χ0v) is 16.4. The molecule has 3 fully saturated rings. The fourth-order valence-electron chi connectivity index (χ4n) is 4.75. The Bertz CT molecular complexity index is 673. The number of likely N-dealkylation sites (tertiary alicyclic amines) is 1. The van der Waals surface area contributed by atoms with Crippen LogP contribution in [0.4, 0.5) is 4.79 Å². The van der Waals surface area contributed by atoms with Crippen LogP contribution in [-0.2, 0) is 25.6 Å². The molecule has 1 aromatic carbocycles. The van der Waals surface area contributed by atoms with Crippen LogP contribution >= 0.6 is 0 Å². The molecule has 1 amide bonds. The summed E-state index contributed by atoms with van der Waals surface area (Å²) in [5, 5.41) is 0. The van der Waals surface area contributed by atoms with Crippen LogP contribution in [0.3, 0.4) is 0 Å². The highest BCUT2D eigenvalue weighted by molar-refractivity contribution is 5.76. The molecule has 4 rings (SSSR count). The van der Waals surface area contributed by atoms with Crippen molar-refractivity contribution in [1.82, 2.24) is 4.90 Å². The molecular formula is C22H29NO5. The molecule has 1 heterocycles. The SMILES string of the molecule is CCOC(=O)[C@H]1[C@@H]2C[C@@H](OC3CCN(C(=O)OCc4ccccc4)CC3)C[C@@H]21. The fourth-order valence-corrected chi connectivity index (χ4v) is 4.75. The molecule has 1 saturated heterocycles. The summed E-state index contributed by atoms with van der Waals surface area (Å²) >= 11 is 0. The summed E-state index contributed by atoms with van der Waals surface area (Å²) in [6.07, 6.45) is 3.81. The first-order valence-electron chi connectivity index (χ1n) is 10.4. The topological polar surface area (TPSA) is 65.1 Å². The lowest BCUT2D eigenvalue weighted by Crippen LogP contribution is -2.42. The van der Waals surface area contributed by atoms with Crippen molar-refractivity contribution in [3.63, 3.8) is 0 Å². The van der Waals surface area contributed by atoms with Gasteiger partial charge in [-0.2, -0.15) is 0 Å². The highest BCUT2D eigenvalue weighted by Crippen LogP contribution is 2.58. The molecule has 2 aliphatic carbocycles. The van der Waals surface area contributed by atoms with Gasteiger partial charge in [0.1, 0.15) is 6.61 Å². The second kappa shape index (κ2) is 8.52. The Morgan fingerprint density at radius 1 is 1.00 bits per heavy atom. The molecule has 0 spiro atoms. The number of fused-ring (bicyclic) bond motifs is 1. The standard InChI is InChI=1S/C22H29NO5/c1-2-26-21(24)20-18-12-17(13-19(18)20)28-16-8-10-23(11-9-16)22(25)27-14-15-6-4-3-5-7-15/h3-7,16-20H,2,8-14H2,1H3/t17-,18-,19+,20+. The third kappa shape index (κ3) is 4.32. The number of benzene rings is 1. The number of piperidine rings is 1. The van der Waals surface area contributed by atoms with Crippen LogP contribution in [0.1, 0.15) is 38.2 Å². The van der Waals surface area contributed by atoms with Crippen molar-refractivity contribution < 1.29 is 23.8 Å². The first-order chi connectivity index (χ1) is 13.7. The Balaban J connectivity index is 1.14. The van der Waals surface area contributed by atoms with Gasteiger partial charge >= 0.3 is 12.1 Å². The Hall–Kier alpha value is -2.08. The van der Waals surface area contributed by atoms with Gasteiger partial charge in [0.25, 0.3) is 0 Å². The molecule has 0 bridgehead atoms. The van der Waals surface area contributed by atoms with E-state index >= 15 is 0 Å². The number of carbonyl (C=O) groups excluding carboxylic acids is 2. The van der Waals surface area contributed by atoms with Gasteiger partial charge in [0.15, 0.2) is 0 Å². The van der Waals surface area contributed by atoms with Gasteiger partial charge in [-0.1, -0.05) is 30.3 Å². The van der Waals surface area contributed by atoms with Crippen molar-refractivity contribution in [1.29, 1.82) is 0 Å². The van der Waals surface area contributed by atoms with Gasteiger partial charge in [-0.25, -0.2) is 4.79 Å².